The fraction of sp³-hybridized carbons (Fsp3) is 0.778. The Labute approximate surface area is 83.4 Å². The van der Waals surface area contributed by atoms with Crippen molar-refractivity contribution in [3.05, 3.63) is 0 Å². The lowest BCUT2D eigenvalue weighted by atomic mass is 10.1. The van der Waals surface area contributed by atoms with E-state index >= 15 is 0 Å². The molecule has 76 valence electrons. The van der Waals surface area contributed by atoms with Crippen LogP contribution in [0.25, 0.3) is 0 Å². The standard InChI is InChI=1S/C9H15ClO3/c1-3-5-8(7(11)6-10)13-9(12)4-2/h8H,3-6H2,1-2H3. The van der Waals surface area contributed by atoms with Crippen LogP contribution in [-0.2, 0) is 14.3 Å². The van der Waals surface area contributed by atoms with Crippen LogP contribution in [0.3, 0.4) is 0 Å². The summed E-state index contributed by atoms with van der Waals surface area (Å²) in [4.78, 5) is 22.0. The van der Waals surface area contributed by atoms with Crippen molar-refractivity contribution in [2.45, 2.75) is 39.2 Å². The summed E-state index contributed by atoms with van der Waals surface area (Å²) in [5.74, 6) is -0.663. The molecule has 0 heterocycles. The van der Waals surface area contributed by atoms with Crippen molar-refractivity contribution < 1.29 is 14.3 Å². The fourth-order valence-electron chi connectivity index (χ4n) is 0.876. The molecule has 0 radical (unpaired) electrons. The van der Waals surface area contributed by atoms with Crippen molar-refractivity contribution in [3.8, 4) is 0 Å². The van der Waals surface area contributed by atoms with Gasteiger partial charge in [0, 0.05) is 6.42 Å². The summed E-state index contributed by atoms with van der Waals surface area (Å²) in [5.41, 5.74) is 0. The molecule has 0 aliphatic carbocycles. The molecule has 4 heteroatoms. The average Bonchev–Trinajstić information content (AvgIpc) is 2.15. The van der Waals surface area contributed by atoms with E-state index in [0.717, 1.165) is 6.42 Å². The Morgan fingerprint density at radius 1 is 1.38 bits per heavy atom. The van der Waals surface area contributed by atoms with E-state index in [1.165, 1.54) is 0 Å². The zero-order valence-electron chi connectivity index (χ0n) is 8.01. The molecule has 0 aromatic carbocycles. The summed E-state index contributed by atoms with van der Waals surface area (Å²) < 4.78 is 4.92. The Hall–Kier alpha value is -0.570. The minimum atomic E-state index is -0.644. The number of Topliss-reactive ketones (excluding diaryl/α,β-unsaturated/α-hetero) is 1. The van der Waals surface area contributed by atoms with Crippen molar-refractivity contribution in [2.75, 3.05) is 5.88 Å². The van der Waals surface area contributed by atoms with E-state index in [2.05, 4.69) is 0 Å². The van der Waals surface area contributed by atoms with Crippen LogP contribution in [0.2, 0.25) is 0 Å². The monoisotopic (exact) mass is 206 g/mol. The molecule has 0 aliphatic heterocycles. The zero-order valence-corrected chi connectivity index (χ0v) is 8.76. The molecule has 0 aliphatic rings. The second kappa shape index (κ2) is 6.89. The summed E-state index contributed by atoms with van der Waals surface area (Å²) in [7, 11) is 0. The molecule has 1 atom stereocenters. The molecule has 0 aromatic rings. The highest BCUT2D eigenvalue weighted by Crippen LogP contribution is 2.06. The third kappa shape index (κ3) is 4.88. The Morgan fingerprint density at radius 2 is 2.00 bits per heavy atom. The molecule has 0 spiro atoms. The first-order chi connectivity index (χ1) is 6.15. The molecule has 0 amide bonds. The first-order valence-corrected chi connectivity index (χ1v) is 4.97. The Kier molecular flexibility index (Phi) is 6.59. The zero-order chi connectivity index (χ0) is 10.3. The van der Waals surface area contributed by atoms with Gasteiger partial charge >= 0.3 is 5.97 Å². The Morgan fingerprint density at radius 3 is 2.38 bits per heavy atom. The number of hydrogen-bond acceptors (Lipinski definition) is 3. The Bertz CT molecular complexity index is 180. The fourth-order valence-corrected chi connectivity index (χ4v) is 1.05. The maximum Gasteiger partial charge on any atom is 0.306 e. The summed E-state index contributed by atoms with van der Waals surface area (Å²) in [6.45, 7) is 3.62. The normalized spacial score (nSPS) is 12.2. The number of ether oxygens (including phenoxy) is 1. The van der Waals surface area contributed by atoms with Gasteiger partial charge in [0.25, 0.3) is 0 Å². The molecule has 0 saturated carbocycles. The molecule has 0 fully saturated rings. The van der Waals surface area contributed by atoms with E-state index in [1.54, 1.807) is 6.92 Å². The predicted molar refractivity (Wildman–Crippen MR) is 50.8 cm³/mol. The molecule has 3 nitrogen and oxygen atoms in total. The van der Waals surface area contributed by atoms with Crippen LogP contribution in [0.1, 0.15) is 33.1 Å². The van der Waals surface area contributed by atoms with Gasteiger partial charge in [-0.15, -0.1) is 11.6 Å². The third-order valence-corrected chi connectivity index (χ3v) is 1.87. The van der Waals surface area contributed by atoms with Crippen LogP contribution in [0.15, 0.2) is 0 Å². The second-order valence-electron chi connectivity index (χ2n) is 2.72. The van der Waals surface area contributed by atoms with E-state index in [4.69, 9.17) is 16.3 Å². The van der Waals surface area contributed by atoms with Crippen molar-refractivity contribution in [1.82, 2.24) is 0 Å². The molecule has 13 heavy (non-hydrogen) atoms. The smallest absolute Gasteiger partial charge is 0.306 e. The van der Waals surface area contributed by atoms with E-state index < -0.39 is 6.10 Å². The summed E-state index contributed by atoms with van der Waals surface area (Å²) >= 11 is 5.37. The van der Waals surface area contributed by atoms with Crippen molar-refractivity contribution in [3.63, 3.8) is 0 Å². The lowest BCUT2D eigenvalue weighted by molar-refractivity contribution is -0.154. The van der Waals surface area contributed by atoms with Gasteiger partial charge in [0.1, 0.15) is 0 Å². The highest BCUT2D eigenvalue weighted by Gasteiger charge is 2.19. The average molecular weight is 207 g/mol. The number of alkyl halides is 1. The minimum absolute atomic E-state index is 0.0956. The molecule has 0 N–H and O–H groups in total. The number of esters is 1. The molecular weight excluding hydrogens is 192 g/mol. The van der Waals surface area contributed by atoms with Crippen LogP contribution in [-0.4, -0.2) is 23.7 Å². The minimum Gasteiger partial charge on any atom is -0.454 e. The molecule has 0 saturated heterocycles. The van der Waals surface area contributed by atoms with Crippen LogP contribution < -0.4 is 0 Å². The van der Waals surface area contributed by atoms with E-state index in [1.807, 2.05) is 6.92 Å². The van der Waals surface area contributed by atoms with Crippen molar-refractivity contribution >= 4 is 23.4 Å². The van der Waals surface area contributed by atoms with Gasteiger partial charge in [0.15, 0.2) is 11.9 Å². The maximum absolute atomic E-state index is 11.1. The first kappa shape index (κ1) is 12.4. The topological polar surface area (TPSA) is 43.4 Å². The van der Waals surface area contributed by atoms with Gasteiger partial charge in [-0.25, -0.2) is 0 Å². The van der Waals surface area contributed by atoms with Gasteiger partial charge in [0.2, 0.25) is 0 Å². The number of halogens is 1. The highest BCUT2D eigenvalue weighted by molar-refractivity contribution is 6.28. The number of ketones is 1. The van der Waals surface area contributed by atoms with E-state index in [0.29, 0.717) is 6.42 Å². The molecular formula is C9H15ClO3. The number of hydrogen-bond donors (Lipinski definition) is 0. The van der Waals surface area contributed by atoms with Crippen LogP contribution in [0.4, 0.5) is 0 Å². The van der Waals surface area contributed by atoms with Crippen LogP contribution >= 0.6 is 11.6 Å². The quantitative estimate of drug-likeness (QED) is 0.493. The van der Waals surface area contributed by atoms with Gasteiger partial charge in [-0.3, -0.25) is 9.59 Å². The van der Waals surface area contributed by atoms with E-state index in [9.17, 15) is 9.59 Å². The van der Waals surface area contributed by atoms with Gasteiger partial charge in [0.05, 0.1) is 5.88 Å². The SMILES string of the molecule is CCCC(OC(=O)CC)C(=O)CCl. The maximum atomic E-state index is 11.1. The van der Waals surface area contributed by atoms with Gasteiger partial charge in [-0.1, -0.05) is 20.3 Å². The van der Waals surface area contributed by atoms with Crippen molar-refractivity contribution in [2.24, 2.45) is 0 Å². The lowest BCUT2D eigenvalue weighted by Gasteiger charge is -2.13. The molecule has 0 aromatic heterocycles. The van der Waals surface area contributed by atoms with Crippen LogP contribution in [0.5, 0.6) is 0 Å². The second-order valence-corrected chi connectivity index (χ2v) is 2.99. The number of carbonyl (C=O) groups is 2. The van der Waals surface area contributed by atoms with Gasteiger partial charge < -0.3 is 4.74 Å². The molecule has 0 bridgehead atoms. The Balaban J connectivity index is 4.08. The number of carbonyl (C=O) groups excluding carboxylic acids is 2. The third-order valence-electron chi connectivity index (χ3n) is 1.60. The van der Waals surface area contributed by atoms with E-state index in [-0.39, 0.29) is 24.1 Å². The number of rotatable bonds is 6. The van der Waals surface area contributed by atoms with Crippen LogP contribution in [0, 0.1) is 0 Å². The predicted octanol–water partition coefficient (Wildman–Crippen LogP) is 1.92. The summed E-state index contributed by atoms with van der Waals surface area (Å²) in [6.07, 6.45) is 0.993. The molecule has 1 unspecified atom stereocenters. The highest BCUT2D eigenvalue weighted by atomic mass is 35.5. The van der Waals surface area contributed by atoms with Gasteiger partial charge in [-0.05, 0) is 6.42 Å². The van der Waals surface area contributed by atoms with Gasteiger partial charge in [-0.2, -0.15) is 0 Å². The summed E-state index contributed by atoms with van der Waals surface area (Å²) in [6, 6.07) is 0. The largest absolute Gasteiger partial charge is 0.454 e. The lowest BCUT2D eigenvalue weighted by Crippen LogP contribution is -2.27. The molecule has 0 rings (SSSR count). The summed E-state index contributed by atoms with van der Waals surface area (Å²) in [5, 5.41) is 0. The first-order valence-electron chi connectivity index (χ1n) is 4.43. The van der Waals surface area contributed by atoms with Crippen molar-refractivity contribution in [1.29, 1.82) is 0 Å².